The monoisotopic (exact) mass is 323 g/mol. The molecule has 1 aromatic carbocycles. The van der Waals surface area contributed by atoms with Crippen LogP contribution in [0.3, 0.4) is 0 Å². The maximum atomic E-state index is 12.2. The fourth-order valence-electron chi connectivity index (χ4n) is 2.47. The van der Waals surface area contributed by atoms with Crippen molar-refractivity contribution in [3.8, 4) is 11.1 Å². The van der Waals surface area contributed by atoms with Crippen LogP contribution in [0.2, 0.25) is 0 Å². The van der Waals surface area contributed by atoms with Crippen molar-refractivity contribution in [1.82, 2.24) is 25.3 Å². The van der Waals surface area contributed by atoms with Crippen LogP contribution in [0.25, 0.3) is 11.1 Å². The van der Waals surface area contributed by atoms with Crippen LogP contribution in [-0.2, 0) is 13.1 Å². The first-order valence-corrected chi connectivity index (χ1v) is 8.01. The molecular weight excluding hydrogens is 302 g/mol. The molecule has 2 aromatic heterocycles. The number of nitrogens with one attached hydrogen (secondary N) is 2. The third-order valence-corrected chi connectivity index (χ3v) is 3.66. The van der Waals surface area contributed by atoms with E-state index in [9.17, 15) is 4.79 Å². The van der Waals surface area contributed by atoms with Crippen molar-refractivity contribution in [2.24, 2.45) is 5.92 Å². The maximum absolute atomic E-state index is 12.2. The quantitative estimate of drug-likeness (QED) is 0.732. The predicted molar refractivity (Wildman–Crippen MR) is 92.3 cm³/mol. The van der Waals surface area contributed by atoms with Crippen LogP contribution >= 0.6 is 0 Å². The lowest BCUT2D eigenvalue weighted by Gasteiger charge is -2.05. The van der Waals surface area contributed by atoms with E-state index in [2.05, 4.69) is 34.5 Å². The van der Waals surface area contributed by atoms with Gasteiger partial charge in [0.25, 0.3) is 5.91 Å². The van der Waals surface area contributed by atoms with Gasteiger partial charge in [-0.25, -0.2) is 0 Å². The topological polar surface area (TPSA) is 75.6 Å². The Morgan fingerprint density at radius 3 is 2.67 bits per heavy atom. The summed E-state index contributed by atoms with van der Waals surface area (Å²) in [5, 5.41) is 14.1. The molecule has 0 atom stereocenters. The fourth-order valence-corrected chi connectivity index (χ4v) is 2.47. The van der Waals surface area contributed by atoms with Gasteiger partial charge < -0.3 is 5.32 Å². The second-order valence-corrected chi connectivity index (χ2v) is 6.17. The van der Waals surface area contributed by atoms with E-state index in [4.69, 9.17) is 0 Å². The molecule has 6 nitrogen and oxygen atoms in total. The highest BCUT2D eigenvalue weighted by atomic mass is 16.1. The van der Waals surface area contributed by atoms with E-state index in [1.165, 1.54) is 0 Å². The number of aromatic amines is 1. The molecule has 2 N–H and O–H groups in total. The first kappa shape index (κ1) is 16.0. The lowest BCUT2D eigenvalue weighted by Crippen LogP contribution is -2.23. The van der Waals surface area contributed by atoms with E-state index in [-0.39, 0.29) is 5.91 Å². The number of nitrogens with zero attached hydrogens (tertiary/aromatic N) is 3. The Morgan fingerprint density at radius 2 is 2.00 bits per heavy atom. The lowest BCUT2D eigenvalue weighted by molar-refractivity contribution is 0.0950. The van der Waals surface area contributed by atoms with Gasteiger partial charge in [0, 0.05) is 30.1 Å². The van der Waals surface area contributed by atoms with Crippen molar-refractivity contribution in [2.45, 2.75) is 26.9 Å². The van der Waals surface area contributed by atoms with Gasteiger partial charge in [0.15, 0.2) is 0 Å². The van der Waals surface area contributed by atoms with Crippen LogP contribution in [0.15, 0.2) is 48.9 Å². The fraction of sp³-hybridized carbons (Fsp3) is 0.278. The second-order valence-electron chi connectivity index (χ2n) is 6.17. The van der Waals surface area contributed by atoms with E-state index in [0.29, 0.717) is 18.0 Å². The zero-order valence-electron chi connectivity index (χ0n) is 13.9. The van der Waals surface area contributed by atoms with Gasteiger partial charge >= 0.3 is 0 Å². The minimum absolute atomic E-state index is 0.104. The molecule has 0 fully saturated rings. The largest absolute Gasteiger partial charge is 0.346 e. The molecule has 0 aliphatic rings. The number of hydrogen-bond acceptors (Lipinski definition) is 3. The Balaban J connectivity index is 1.58. The summed E-state index contributed by atoms with van der Waals surface area (Å²) >= 11 is 0. The van der Waals surface area contributed by atoms with Crippen LogP contribution in [0.1, 0.15) is 29.9 Å². The van der Waals surface area contributed by atoms with Gasteiger partial charge in [-0.3, -0.25) is 14.6 Å². The number of H-pyrrole nitrogens is 1. The Labute approximate surface area is 140 Å². The summed E-state index contributed by atoms with van der Waals surface area (Å²) in [6.45, 7) is 5.60. The van der Waals surface area contributed by atoms with Gasteiger partial charge in [-0.15, -0.1) is 0 Å². The molecule has 2 heterocycles. The summed E-state index contributed by atoms with van der Waals surface area (Å²) in [5.41, 5.74) is 3.51. The second kappa shape index (κ2) is 7.12. The summed E-state index contributed by atoms with van der Waals surface area (Å²) in [4.78, 5) is 12.2. The van der Waals surface area contributed by atoms with E-state index >= 15 is 0 Å². The Kier molecular flexibility index (Phi) is 4.74. The molecule has 0 aliphatic carbocycles. The van der Waals surface area contributed by atoms with E-state index in [1.54, 1.807) is 6.20 Å². The summed E-state index contributed by atoms with van der Waals surface area (Å²) < 4.78 is 1.91. The molecule has 0 unspecified atom stereocenters. The number of carbonyl (C=O) groups excluding carboxylic acids is 1. The van der Waals surface area contributed by atoms with E-state index in [1.807, 2.05) is 47.4 Å². The van der Waals surface area contributed by atoms with Crippen LogP contribution in [0.4, 0.5) is 0 Å². The standard InChI is InChI=1S/C18H21N5O/c1-13(2)12-23-8-7-17(22-23)11-19-18(24)15-5-3-14(4-6-15)16-9-20-21-10-16/h3-10,13H,11-12H2,1-2H3,(H,19,24)(H,20,21). The first-order valence-electron chi connectivity index (χ1n) is 8.01. The normalized spacial score (nSPS) is 11.0. The highest BCUT2D eigenvalue weighted by Crippen LogP contribution is 2.17. The molecule has 6 heteroatoms. The molecule has 0 radical (unpaired) electrons. The molecule has 0 saturated heterocycles. The Morgan fingerprint density at radius 1 is 1.21 bits per heavy atom. The molecular formula is C18H21N5O. The minimum atomic E-state index is -0.104. The maximum Gasteiger partial charge on any atom is 0.251 e. The Bertz CT molecular complexity index is 787. The lowest BCUT2D eigenvalue weighted by atomic mass is 10.1. The average Bonchev–Trinajstić information content (AvgIpc) is 3.24. The van der Waals surface area contributed by atoms with Crippen molar-refractivity contribution in [3.05, 3.63) is 60.2 Å². The number of amides is 1. The number of hydrogen-bond donors (Lipinski definition) is 2. The van der Waals surface area contributed by atoms with Crippen molar-refractivity contribution >= 4 is 5.91 Å². The number of carbonyl (C=O) groups is 1. The van der Waals surface area contributed by atoms with Gasteiger partial charge in [0.1, 0.15) is 0 Å². The van der Waals surface area contributed by atoms with Crippen LogP contribution in [0, 0.1) is 5.92 Å². The summed E-state index contributed by atoms with van der Waals surface area (Å²) in [6.07, 6.45) is 5.52. The van der Waals surface area contributed by atoms with Crippen LogP contribution < -0.4 is 5.32 Å². The van der Waals surface area contributed by atoms with Crippen molar-refractivity contribution in [3.63, 3.8) is 0 Å². The van der Waals surface area contributed by atoms with Crippen LogP contribution in [-0.4, -0.2) is 25.9 Å². The van der Waals surface area contributed by atoms with Crippen molar-refractivity contribution in [1.29, 1.82) is 0 Å². The predicted octanol–water partition coefficient (Wildman–Crippen LogP) is 2.86. The summed E-state index contributed by atoms with van der Waals surface area (Å²) in [7, 11) is 0. The number of benzene rings is 1. The number of rotatable bonds is 6. The molecule has 0 spiro atoms. The average molecular weight is 323 g/mol. The molecule has 24 heavy (non-hydrogen) atoms. The molecule has 3 rings (SSSR count). The minimum Gasteiger partial charge on any atom is -0.346 e. The first-order chi connectivity index (χ1) is 11.6. The van der Waals surface area contributed by atoms with Gasteiger partial charge in [-0.2, -0.15) is 10.2 Å². The van der Waals surface area contributed by atoms with Gasteiger partial charge in [0.2, 0.25) is 0 Å². The zero-order chi connectivity index (χ0) is 16.9. The summed E-state index contributed by atoms with van der Waals surface area (Å²) in [6, 6.07) is 9.39. The number of aromatic nitrogens is 4. The zero-order valence-corrected chi connectivity index (χ0v) is 13.9. The van der Waals surface area contributed by atoms with E-state index in [0.717, 1.165) is 23.4 Å². The third kappa shape index (κ3) is 3.90. The molecule has 0 bridgehead atoms. The highest BCUT2D eigenvalue weighted by Gasteiger charge is 2.08. The van der Waals surface area contributed by atoms with Gasteiger partial charge in [-0.1, -0.05) is 26.0 Å². The highest BCUT2D eigenvalue weighted by molar-refractivity contribution is 5.94. The van der Waals surface area contributed by atoms with Crippen molar-refractivity contribution < 1.29 is 4.79 Å². The van der Waals surface area contributed by atoms with E-state index < -0.39 is 0 Å². The van der Waals surface area contributed by atoms with Crippen LogP contribution in [0.5, 0.6) is 0 Å². The van der Waals surface area contributed by atoms with Gasteiger partial charge in [0.05, 0.1) is 18.4 Å². The molecule has 124 valence electrons. The molecule has 3 aromatic rings. The molecule has 0 saturated carbocycles. The Hall–Kier alpha value is -2.89. The van der Waals surface area contributed by atoms with Gasteiger partial charge in [-0.05, 0) is 29.7 Å². The molecule has 1 amide bonds. The SMILES string of the molecule is CC(C)Cn1ccc(CNC(=O)c2ccc(-c3cn[nH]c3)cc2)n1. The van der Waals surface area contributed by atoms with Crippen molar-refractivity contribution in [2.75, 3.05) is 0 Å². The third-order valence-electron chi connectivity index (χ3n) is 3.66. The summed E-state index contributed by atoms with van der Waals surface area (Å²) in [5.74, 6) is 0.438. The molecule has 0 aliphatic heterocycles. The smallest absolute Gasteiger partial charge is 0.251 e.